The van der Waals surface area contributed by atoms with Gasteiger partial charge in [-0.2, -0.15) is 0 Å². The van der Waals surface area contributed by atoms with Crippen LogP contribution < -0.4 is 0 Å². The number of hydrogen-bond donors (Lipinski definition) is 1. The van der Waals surface area contributed by atoms with Crippen molar-refractivity contribution in [2.24, 2.45) is 5.41 Å². The Morgan fingerprint density at radius 3 is 2.36 bits per heavy atom. The van der Waals surface area contributed by atoms with Gasteiger partial charge in [-0.05, 0) is 39.3 Å². The van der Waals surface area contributed by atoms with Crippen molar-refractivity contribution in [3.63, 3.8) is 0 Å². The van der Waals surface area contributed by atoms with Crippen molar-refractivity contribution in [2.45, 2.75) is 25.4 Å². The van der Waals surface area contributed by atoms with Crippen molar-refractivity contribution in [3.05, 3.63) is 0 Å². The van der Waals surface area contributed by atoms with Crippen molar-refractivity contribution >= 4 is 0 Å². The normalized spacial score (nSPS) is 28.9. The van der Waals surface area contributed by atoms with Crippen LogP contribution in [0.5, 0.6) is 0 Å². The lowest BCUT2D eigenvalue weighted by molar-refractivity contribution is -0.0380. The molecule has 2 rings (SSSR count). The minimum absolute atomic E-state index is 0.556. The second-order valence-corrected chi connectivity index (χ2v) is 5.88. The Labute approximate surface area is 86.7 Å². The summed E-state index contributed by atoms with van der Waals surface area (Å²) in [5.41, 5.74) is 0.147. The zero-order valence-corrected chi connectivity index (χ0v) is 9.58. The lowest BCUT2D eigenvalue weighted by Crippen LogP contribution is -2.56. The largest absolute Gasteiger partial charge is 0.388 e. The van der Waals surface area contributed by atoms with Gasteiger partial charge in [-0.25, -0.2) is 0 Å². The van der Waals surface area contributed by atoms with Crippen LogP contribution in [0.1, 0.15) is 19.8 Å². The molecule has 14 heavy (non-hydrogen) atoms. The summed E-state index contributed by atoms with van der Waals surface area (Å²) in [4.78, 5) is 4.43. The second-order valence-electron chi connectivity index (χ2n) is 5.88. The standard InChI is InChI=1S/C11H22N2O/c1-10(14,6-12(2)3)7-13-8-11(9-13)4-5-11/h14H,4-9H2,1-3H3. The van der Waals surface area contributed by atoms with Crippen LogP contribution in [-0.4, -0.2) is 60.8 Å². The molecule has 3 nitrogen and oxygen atoms in total. The first-order valence-corrected chi connectivity index (χ1v) is 5.50. The van der Waals surface area contributed by atoms with Gasteiger partial charge < -0.3 is 10.0 Å². The highest BCUT2D eigenvalue weighted by molar-refractivity contribution is 5.06. The van der Waals surface area contributed by atoms with Crippen molar-refractivity contribution < 1.29 is 5.11 Å². The molecule has 2 fully saturated rings. The van der Waals surface area contributed by atoms with Crippen LogP contribution in [0.15, 0.2) is 0 Å². The predicted octanol–water partition coefficient (Wildman–Crippen LogP) is 0.395. The molecule has 1 aliphatic heterocycles. The third kappa shape index (κ3) is 2.27. The van der Waals surface area contributed by atoms with Gasteiger partial charge in [0.15, 0.2) is 0 Å². The van der Waals surface area contributed by atoms with E-state index in [2.05, 4.69) is 4.90 Å². The molecule has 0 radical (unpaired) electrons. The molecule has 1 heterocycles. The average Bonchev–Trinajstić information content (AvgIpc) is 2.61. The quantitative estimate of drug-likeness (QED) is 0.708. The second kappa shape index (κ2) is 3.19. The van der Waals surface area contributed by atoms with E-state index in [0.29, 0.717) is 5.41 Å². The zero-order valence-electron chi connectivity index (χ0n) is 9.58. The molecule has 1 spiro atoms. The molecule has 0 aromatic carbocycles. The number of nitrogens with zero attached hydrogens (tertiary/aromatic N) is 2. The van der Waals surface area contributed by atoms with E-state index < -0.39 is 5.60 Å². The van der Waals surface area contributed by atoms with Crippen molar-refractivity contribution in [1.29, 1.82) is 0 Å². The molecule has 3 heteroatoms. The molecule has 1 aliphatic carbocycles. The van der Waals surface area contributed by atoms with E-state index in [1.807, 2.05) is 25.9 Å². The molecule has 0 aromatic rings. The number of likely N-dealkylation sites (N-methyl/N-ethyl adjacent to an activating group) is 1. The Morgan fingerprint density at radius 2 is 1.93 bits per heavy atom. The molecule has 2 aliphatic rings. The Kier molecular flexibility index (Phi) is 2.37. The molecule has 1 saturated carbocycles. The number of rotatable bonds is 4. The van der Waals surface area contributed by atoms with Gasteiger partial charge in [0.05, 0.1) is 5.60 Å². The topological polar surface area (TPSA) is 26.7 Å². The molecule has 1 N–H and O–H groups in total. The summed E-state index contributed by atoms with van der Waals surface area (Å²) in [7, 11) is 4.01. The van der Waals surface area contributed by atoms with Gasteiger partial charge in [-0.1, -0.05) is 0 Å². The first-order valence-electron chi connectivity index (χ1n) is 5.50. The summed E-state index contributed by atoms with van der Waals surface area (Å²) in [5.74, 6) is 0. The minimum Gasteiger partial charge on any atom is -0.388 e. The van der Waals surface area contributed by atoms with Crippen molar-refractivity contribution in [2.75, 3.05) is 40.3 Å². The van der Waals surface area contributed by atoms with Gasteiger partial charge in [0.25, 0.3) is 0 Å². The third-order valence-electron chi connectivity index (χ3n) is 3.30. The predicted molar refractivity (Wildman–Crippen MR) is 57.3 cm³/mol. The molecule has 1 atom stereocenters. The van der Waals surface area contributed by atoms with E-state index >= 15 is 0 Å². The number of hydrogen-bond acceptors (Lipinski definition) is 3. The molecule has 1 unspecified atom stereocenters. The first kappa shape index (κ1) is 10.4. The third-order valence-corrected chi connectivity index (χ3v) is 3.30. The molecule has 0 aromatic heterocycles. The average molecular weight is 198 g/mol. The summed E-state index contributed by atoms with van der Waals surface area (Å²) in [6.07, 6.45) is 2.83. The minimum atomic E-state index is -0.556. The molecule has 0 bridgehead atoms. The summed E-state index contributed by atoms with van der Waals surface area (Å²) in [6.45, 7) is 5.95. The number of aliphatic hydroxyl groups is 1. The highest BCUT2D eigenvalue weighted by atomic mass is 16.3. The van der Waals surface area contributed by atoms with Crippen LogP contribution in [0, 0.1) is 5.41 Å². The summed E-state index contributed by atoms with van der Waals surface area (Å²) < 4.78 is 0. The monoisotopic (exact) mass is 198 g/mol. The fourth-order valence-corrected chi connectivity index (χ4v) is 2.72. The van der Waals surface area contributed by atoms with E-state index in [9.17, 15) is 5.11 Å². The molecule has 1 saturated heterocycles. The zero-order chi connectivity index (χ0) is 10.4. The smallest absolute Gasteiger partial charge is 0.0871 e. The summed E-state index contributed by atoms with van der Waals surface area (Å²) >= 11 is 0. The Morgan fingerprint density at radius 1 is 1.36 bits per heavy atom. The van der Waals surface area contributed by atoms with E-state index in [-0.39, 0.29) is 0 Å². The summed E-state index contributed by atoms with van der Waals surface area (Å²) in [6, 6.07) is 0. The van der Waals surface area contributed by atoms with Gasteiger partial charge in [0, 0.05) is 26.2 Å². The van der Waals surface area contributed by atoms with Crippen LogP contribution in [0.2, 0.25) is 0 Å². The maximum Gasteiger partial charge on any atom is 0.0871 e. The van der Waals surface area contributed by atoms with Crippen LogP contribution in [0.4, 0.5) is 0 Å². The molecule has 0 amide bonds. The number of β-amino-alcohol motifs (C(OH)–C–C–N with tert-alkyl or cyclic N) is 1. The molecular formula is C11H22N2O. The van der Waals surface area contributed by atoms with Crippen LogP contribution in [0.25, 0.3) is 0 Å². The van der Waals surface area contributed by atoms with Gasteiger partial charge in [-0.15, -0.1) is 0 Å². The number of likely N-dealkylation sites (tertiary alicyclic amines) is 1. The highest BCUT2D eigenvalue weighted by Crippen LogP contribution is 2.52. The highest BCUT2D eigenvalue weighted by Gasteiger charge is 2.52. The first-order chi connectivity index (χ1) is 6.41. The van der Waals surface area contributed by atoms with Crippen LogP contribution in [0.3, 0.4) is 0 Å². The maximum atomic E-state index is 10.1. The fourth-order valence-electron chi connectivity index (χ4n) is 2.72. The molecule has 82 valence electrons. The van der Waals surface area contributed by atoms with Crippen molar-refractivity contribution in [1.82, 2.24) is 9.80 Å². The van der Waals surface area contributed by atoms with Crippen LogP contribution in [-0.2, 0) is 0 Å². The van der Waals surface area contributed by atoms with E-state index in [1.165, 1.54) is 25.9 Å². The van der Waals surface area contributed by atoms with Gasteiger partial charge in [0.2, 0.25) is 0 Å². The van der Waals surface area contributed by atoms with Gasteiger partial charge in [0.1, 0.15) is 0 Å². The maximum absolute atomic E-state index is 10.1. The lowest BCUT2D eigenvalue weighted by atomic mass is 9.94. The van der Waals surface area contributed by atoms with Crippen molar-refractivity contribution in [3.8, 4) is 0 Å². The van der Waals surface area contributed by atoms with Gasteiger partial charge >= 0.3 is 0 Å². The molecular weight excluding hydrogens is 176 g/mol. The summed E-state index contributed by atoms with van der Waals surface area (Å²) in [5, 5.41) is 10.1. The Balaban J connectivity index is 1.73. The SMILES string of the molecule is CN(C)CC(C)(O)CN1CC2(CC2)C1. The lowest BCUT2D eigenvalue weighted by Gasteiger charge is -2.44. The van der Waals surface area contributed by atoms with E-state index in [4.69, 9.17) is 0 Å². The fraction of sp³-hybridized carbons (Fsp3) is 1.00. The van der Waals surface area contributed by atoms with E-state index in [0.717, 1.165) is 13.1 Å². The van der Waals surface area contributed by atoms with E-state index in [1.54, 1.807) is 0 Å². The van der Waals surface area contributed by atoms with Gasteiger partial charge in [-0.3, -0.25) is 4.90 Å². The van der Waals surface area contributed by atoms with Crippen LogP contribution >= 0.6 is 0 Å². The Bertz CT molecular complexity index is 213. The Hall–Kier alpha value is -0.120.